The number of carbonyl (C=O) groups is 2. The van der Waals surface area contributed by atoms with Gasteiger partial charge in [-0.2, -0.15) is 5.10 Å². The molecule has 1 heterocycles. The van der Waals surface area contributed by atoms with Gasteiger partial charge in [-0.1, -0.05) is 30.3 Å². The van der Waals surface area contributed by atoms with E-state index in [9.17, 15) is 14.4 Å². The van der Waals surface area contributed by atoms with Gasteiger partial charge in [0, 0.05) is 12.4 Å². The number of ether oxygens (including phenoxy) is 2. The Balaban J connectivity index is 1.75. The van der Waals surface area contributed by atoms with Crippen molar-refractivity contribution in [3.63, 3.8) is 0 Å². The summed E-state index contributed by atoms with van der Waals surface area (Å²) >= 11 is 0. The molecular weight excluding hydrogens is 350 g/mol. The number of benzene rings is 2. The topological polar surface area (TPSA) is 99.5 Å². The lowest BCUT2D eigenvalue weighted by Crippen LogP contribution is -2.26. The number of amides is 1. The van der Waals surface area contributed by atoms with Gasteiger partial charge in [0.2, 0.25) is 0 Å². The molecule has 0 spiro atoms. The number of aromatic nitrogens is 2. The first-order valence-corrected chi connectivity index (χ1v) is 8.07. The molecule has 3 aromatic rings. The molecule has 8 heteroatoms. The van der Waals surface area contributed by atoms with Gasteiger partial charge in [-0.25, -0.2) is 9.48 Å². The second-order valence-electron chi connectivity index (χ2n) is 5.65. The minimum absolute atomic E-state index is 0.0298. The first-order chi connectivity index (χ1) is 13.0. The first-order valence-electron chi connectivity index (χ1n) is 8.07. The van der Waals surface area contributed by atoms with Crippen LogP contribution in [0.1, 0.15) is 10.5 Å². The molecule has 3 rings (SSSR count). The SMILES string of the molecule is COc1ccccc1NC(=O)COC(=O)c1nn(C)c(=O)c2ccccc12. The molecule has 0 fully saturated rings. The standard InChI is InChI=1S/C19H17N3O5/c1-22-18(24)13-8-4-3-7-12(13)17(21-22)19(25)27-11-16(23)20-14-9-5-6-10-15(14)26-2/h3-10H,11H2,1-2H3,(H,20,23). The van der Waals surface area contributed by atoms with E-state index in [1.54, 1.807) is 48.5 Å². The largest absolute Gasteiger partial charge is 0.495 e. The van der Waals surface area contributed by atoms with Gasteiger partial charge in [0.15, 0.2) is 12.3 Å². The number of nitrogens with zero attached hydrogens (tertiary/aromatic N) is 2. The molecule has 27 heavy (non-hydrogen) atoms. The zero-order chi connectivity index (χ0) is 19.4. The summed E-state index contributed by atoms with van der Waals surface area (Å²) in [6.07, 6.45) is 0. The van der Waals surface area contributed by atoms with Crippen molar-refractivity contribution in [2.24, 2.45) is 7.05 Å². The van der Waals surface area contributed by atoms with E-state index in [0.29, 0.717) is 22.2 Å². The summed E-state index contributed by atoms with van der Waals surface area (Å²) in [6.45, 7) is -0.504. The molecule has 1 amide bonds. The summed E-state index contributed by atoms with van der Waals surface area (Å²) in [5.41, 5.74) is 0.112. The lowest BCUT2D eigenvalue weighted by molar-refractivity contribution is -0.119. The van der Waals surface area contributed by atoms with E-state index < -0.39 is 18.5 Å². The predicted molar refractivity (Wildman–Crippen MR) is 98.9 cm³/mol. The number of aryl methyl sites for hydroxylation is 1. The maximum atomic E-state index is 12.4. The number of rotatable bonds is 5. The number of carbonyl (C=O) groups excluding carboxylic acids is 2. The Morgan fingerprint density at radius 1 is 1.07 bits per heavy atom. The quantitative estimate of drug-likeness (QED) is 0.690. The smallest absolute Gasteiger partial charge is 0.359 e. The van der Waals surface area contributed by atoms with E-state index in [0.717, 1.165) is 4.68 Å². The molecule has 8 nitrogen and oxygen atoms in total. The minimum Gasteiger partial charge on any atom is -0.495 e. The van der Waals surface area contributed by atoms with Crippen LogP contribution in [0, 0.1) is 0 Å². The van der Waals surface area contributed by atoms with Crippen molar-refractivity contribution in [1.82, 2.24) is 9.78 Å². The van der Waals surface area contributed by atoms with Gasteiger partial charge in [0.05, 0.1) is 18.2 Å². The Kier molecular flexibility index (Phi) is 5.16. The van der Waals surface area contributed by atoms with Crippen molar-refractivity contribution in [3.05, 3.63) is 64.6 Å². The Bertz CT molecular complexity index is 1070. The van der Waals surface area contributed by atoms with Gasteiger partial charge in [-0.15, -0.1) is 0 Å². The van der Waals surface area contributed by atoms with Gasteiger partial charge in [-0.05, 0) is 18.2 Å². The zero-order valence-corrected chi connectivity index (χ0v) is 14.8. The van der Waals surface area contributed by atoms with Crippen LogP contribution in [0.25, 0.3) is 10.8 Å². The maximum Gasteiger partial charge on any atom is 0.359 e. The third-order valence-corrected chi connectivity index (χ3v) is 3.87. The van der Waals surface area contributed by atoms with Gasteiger partial charge in [-0.3, -0.25) is 9.59 Å². The van der Waals surface area contributed by atoms with Crippen molar-refractivity contribution in [2.75, 3.05) is 19.0 Å². The second kappa shape index (κ2) is 7.69. The molecule has 0 unspecified atom stereocenters. The van der Waals surface area contributed by atoms with Crippen molar-refractivity contribution in [2.45, 2.75) is 0 Å². The highest BCUT2D eigenvalue weighted by molar-refractivity contribution is 6.03. The molecule has 0 bridgehead atoms. The summed E-state index contributed by atoms with van der Waals surface area (Å²) in [4.78, 5) is 36.6. The highest BCUT2D eigenvalue weighted by Gasteiger charge is 2.18. The highest BCUT2D eigenvalue weighted by Crippen LogP contribution is 2.22. The average molecular weight is 367 g/mol. The molecule has 138 valence electrons. The number of hydrogen-bond donors (Lipinski definition) is 1. The van der Waals surface area contributed by atoms with Gasteiger partial charge >= 0.3 is 5.97 Å². The van der Waals surface area contributed by atoms with Crippen LogP contribution >= 0.6 is 0 Å². The third-order valence-electron chi connectivity index (χ3n) is 3.87. The molecule has 0 atom stereocenters. The summed E-state index contributed by atoms with van der Waals surface area (Å²) in [7, 11) is 2.93. The number of methoxy groups -OCH3 is 1. The van der Waals surface area contributed by atoms with E-state index in [-0.39, 0.29) is 11.3 Å². The number of fused-ring (bicyclic) bond motifs is 1. The number of para-hydroxylation sites is 2. The molecule has 0 saturated carbocycles. The summed E-state index contributed by atoms with van der Waals surface area (Å²) in [5, 5.41) is 7.30. The number of anilines is 1. The second-order valence-corrected chi connectivity index (χ2v) is 5.65. The minimum atomic E-state index is -0.794. The summed E-state index contributed by atoms with van der Waals surface area (Å²) in [5.74, 6) is -0.832. The summed E-state index contributed by atoms with van der Waals surface area (Å²) in [6, 6.07) is 13.5. The fourth-order valence-corrected chi connectivity index (χ4v) is 2.58. The molecule has 1 N–H and O–H groups in total. The molecule has 0 aliphatic heterocycles. The number of nitrogens with one attached hydrogen (secondary N) is 1. The fourth-order valence-electron chi connectivity index (χ4n) is 2.58. The third kappa shape index (κ3) is 3.79. The predicted octanol–water partition coefficient (Wildman–Crippen LogP) is 1.74. The van der Waals surface area contributed by atoms with Crippen LogP contribution in [0.3, 0.4) is 0 Å². The van der Waals surface area contributed by atoms with Gasteiger partial charge in [0.1, 0.15) is 5.75 Å². The van der Waals surface area contributed by atoms with E-state index in [4.69, 9.17) is 9.47 Å². The lowest BCUT2D eigenvalue weighted by Gasteiger charge is -2.11. The van der Waals surface area contributed by atoms with Crippen LogP contribution in [0.4, 0.5) is 5.69 Å². The van der Waals surface area contributed by atoms with E-state index in [1.165, 1.54) is 14.2 Å². The highest BCUT2D eigenvalue weighted by atomic mass is 16.5. The van der Waals surface area contributed by atoms with E-state index >= 15 is 0 Å². The summed E-state index contributed by atoms with van der Waals surface area (Å²) < 4.78 is 11.3. The number of hydrogen-bond acceptors (Lipinski definition) is 6. The maximum absolute atomic E-state index is 12.4. The van der Waals surface area contributed by atoms with Gasteiger partial charge in [0.25, 0.3) is 11.5 Å². The van der Waals surface area contributed by atoms with Crippen LogP contribution in [-0.4, -0.2) is 35.4 Å². The van der Waals surface area contributed by atoms with Crippen molar-refractivity contribution in [3.8, 4) is 5.75 Å². The van der Waals surface area contributed by atoms with Crippen LogP contribution < -0.4 is 15.6 Å². The van der Waals surface area contributed by atoms with Crippen LogP contribution in [-0.2, 0) is 16.6 Å². The lowest BCUT2D eigenvalue weighted by atomic mass is 10.1. The molecule has 0 radical (unpaired) electrons. The van der Waals surface area contributed by atoms with Crippen LogP contribution in [0.15, 0.2) is 53.3 Å². The Labute approximate surface area is 154 Å². The zero-order valence-electron chi connectivity index (χ0n) is 14.8. The molecule has 1 aromatic heterocycles. The van der Waals surface area contributed by atoms with E-state index in [1.807, 2.05) is 0 Å². The number of esters is 1. The van der Waals surface area contributed by atoms with Crippen molar-refractivity contribution < 1.29 is 19.1 Å². The van der Waals surface area contributed by atoms with Crippen molar-refractivity contribution in [1.29, 1.82) is 0 Å². The monoisotopic (exact) mass is 367 g/mol. The molecule has 0 aliphatic rings. The van der Waals surface area contributed by atoms with Crippen LogP contribution in [0.2, 0.25) is 0 Å². The Morgan fingerprint density at radius 3 is 2.48 bits per heavy atom. The van der Waals surface area contributed by atoms with E-state index in [2.05, 4.69) is 10.4 Å². The van der Waals surface area contributed by atoms with Crippen LogP contribution in [0.5, 0.6) is 5.75 Å². The molecule has 0 aliphatic carbocycles. The molecule has 0 saturated heterocycles. The van der Waals surface area contributed by atoms with Gasteiger partial charge < -0.3 is 14.8 Å². The molecular formula is C19H17N3O5. The average Bonchev–Trinajstić information content (AvgIpc) is 2.69. The molecule has 2 aromatic carbocycles. The van der Waals surface area contributed by atoms with Crippen molar-refractivity contribution >= 4 is 28.3 Å². The fraction of sp³-hybridized carbons (Fsp3) is 0.158. The normalized spacial score (nSPS) is 10.4. The Hall–Kier alpha value is -3.68. The first kappa shape index (κ1) is 18.1. The Morgan fingerprint density at radius 2 is 1.74 bits per heavy atom.